The molecule has 2 aliphatic heterocycles. The van der Waals surface area contributed by atoms with Crippen LogP contribution >= 0.6 is 0 Å². The van der Waals surface area contributed by atoms with Crippen LogP contribution in [0.15, 0.2) is 78.9 Å². The molecule has 36 heavy (non-hydrogen) atoms. The van der Waals surface area contributed by atoms with Crippen LogP contribution in [0, 0.1) is 20.8 Å². The van der Waals surface area contributed by atoms with Gasteiger partial charge in [0, 0.05) is 23.2 Å². The van der Waals surface area contributed by atoms with Crippen molar-refractivity contribution in [3.63, 3.8) is 0 Å². The summed E-state index contributed by atoms with van der Waals surface area (Å²) < 4.78 is 0. The first-order valence-corrected chi connectivity index (χ1v) is 13.3. The van der Waals surface area contributed by atoms with Crippen LogP contribution in [0.3, 0.4) is 0 Å². The molecule has 1 heteroatoms. The molecule has 0 amide bonds. The molecule has 0 fully saturated rings. The van der Waals surface area contributed by atoms with Gasteiger partial charge in [-0.05, 0) is 95.5 Å². The van der Waals surface area contributed by atoms with Gasteiger partial charge in [-0.25, -0.2) is 0 Å². The fraction of sp³-hybridized carbons (Fsp3) is 0.257. The van der Waals surface area contributed by atoms with Crippen LogP contribution in [-0.2, 0) is 11.8 Å². The largest absolute Gasteiger partial charge is 0.360 e. The van der Waals surface area contributed by atoms with E-state index >= 15 is 0 Å². The summed E-state index contributed by atoms with van der Waals surface area (Å²) in [6.07, 6.45) is 3.65. The van der Waals surface area contributed by atoms with Gasteiger partial charge in [0.2, 0.25) is 0 Å². The van der Waals surface area contributed by atoms with E-state index in [1.165, 1.54) is 66.9 Å². The van der Waals surface area contributed by atoms with Gasteiger partial charge in [0.1, 0.15) is 0 Å². The van der Waals surface area contributed by atoms with E-state index in [2.05, 4.69) is 118 Å². The number of anilines is 1. The van der Waals surface area contributed by atoms with Gasteiger partial charge in [-0.3, -0.25) is 0 Å². The topological polar surface area (TPSA) is 3.24 Å². The summed E-state index contributed by atoms with van der Waals surface area (Å²) in [5, 5.41) is 0. The molecule has 1 unspecified atom stereocenters. The molecule has 0 saturated heterocycles. The van der Waals surface area contributed by atoms with Crippen LogP contribution in [0.2, 0.25) is 0 Å². The summed E-state index contributed by atoms with van der Waals surface area (Å²) >= 11 is 0. The fourth-order valence-corrected chi connectivity index (χ4v) is 7.13. The molecular formula is C35H33N. The highest BCUT2D eigenvalue weighted by molar-refractivity contribution is 5.95. The molecule has 1 aliphatic carbocycles. The first-order chi connectivity index (χ1) is 17.3. The van der Waals surface area contributed by atoms with Crippen LogP contribution in [0.4, 0.5) is 5.69 Å². The average molecular weight is 468 g/mol. The SMILES string of the molecule is Cc1cccc(C2=CC3c4cc(C)cc(C)c4CCN3c3cc4c(cc32)-c2ccccc2C4(C)C)c1. The van der Waals surface area contributed by atoms with E-state index in [4.69, 9.17) is 0 Å². The highest BCUT2D eigenvalue weighted by Crippen LogP contribution is 2.54. The lowest BCUT2D eigenvalue weighted by atomic mass is 9.78. The Hall–Kier alpha value is -3.58. The van der Waals surface area contributed by atoms with Crippen molar-refractivity contribution >= 4 is 11.3 Å². The number of rotatable bonds is 1. The summed E-state index contributed by atoms with van der Waals surface area (Å²) in [6.45, 7) is 12.6. The molecule has 0 saturated carbocycles. The maximum atomic E-state index is 2.68. The Balaban J connectivity index is 1.52. The van der Waals surface area contributed by atoms with Crippen molar-refractivity contribution in [1.82, 2.24) is 0 Å². The maximum Gasteiger partial charge on any atom is 0.0739 e. The Bertz CT molecular complexity index is 1600. The van der Waals surface area contributed by atoms with Gasteiger partial charge in [0.05, 0.1) is 6.04 Å². The summed E-state index contributed by atoms with van der Waals surface area (Å²) in [4.78, 5) is 2.68. The van der Waals surface area contributed by atoms with Crippen LogP contribution in [0.1, 0.15) is 70.0 Å². The molecule has 1 atom stereocenters. The molecule has 0 aromatic heterocycles. The fourth-order valence-electron chi connectivity index (χ4n) is 7.13. The Morgan fingerprint density at radius 3 is 2.42 bits per heavy atom. The first kappa shape index (κ1) is 21.7. The van der Waals surface area contributed by atoms with E-state index in [0.717, 1.165) is 13.0 Å². The minimum absolute atomic E-state index is 0.00197. The first-order valence-electron chi connectivity index (χ1n) is 13.3. The molecule has 0 spiro atoms. The van der Waals surface area contributed by atoms with Crippen LogP contribution in [-0.4, -0.2) is 6.54 Å². The summed E-state index contributed by atoms with van der Waals surface area (Å²) in [5.41, 5.74) is 18.3. The van der Waals surface area contributed by atoms with Gasteiger partial charge in [-0.1, -0.05) is 85.6 Å². The second-order valence-corrected chi connectivity index (χ2v) is 11.6. The van der Waals surface area contributed by atoms with Gasteiger partial charge in [-0.15, -0.1) is 0 Å². The van der Waals surface area contributed by atoms with Crippen LogP contribution < -0.4 is 4.90 Å². The number of nitrogens with zero attached hydrogens (tertiary/aromatic N) is 1. The van der Waals surface area contributed by atoms with E-state index < -0.39 is 0 Å². The summed E-state index contributed by atoms with van der Waals surface area (Å²) in [5.74, 6) is 0. The lowest BCUT2D eigenvalue weighted by molar-refractivity contribution is 0.646. The zero-order valence-corrected chi connectivity index (χ0v) is 21.9. The molecule has 178 valence electrons. The minimum atomic E-state index is 0.00197. The molecule has 0 N–H and O–H groups in total. The summed E-state index contributed by atoms with van der Waals surface area (Å²) in [6, 6.07) is 28.1. The third kappa shape index (κ3) is 2.95. The average Bonchev–Trinajstić information content (AvgIpc) is 3.08. The van der Waals surface area contributed by atoms with Crippen LogP contribution in [0.25, 0.3) is 16.7 Å². The maximum absolute atomic E-state index is 2.68. The molecule has 1 nitrogen and oxygen atoms in total. The quantitative estimate of drug-likeness (QED) is 0.271. The van der Waals surface area contributed by atoms with Crippen molar-refractivity contribution in [2.75, 3.05) is 11.4 Å². The Kier molecular flexibility index (Phi) is 4.49. The predicted octanol–water partition coefficient (Wildman–Crippen LogP) is 8.47. The third-order valence-electron chi connectivity index (χ3n) is 8.86. The summed E-state index contributed by atoms with van der Waals surface area (Å²) in [7, 11) is 0. The zero-order chi connectivity index (χ0) is 24.8. The predicted molar refractivity (Wildman–Crippen MR) is 152 cm³/mol. The highest BCUT2D eigenvalue weighted by Gasteiger charge is 2.39. The van der Waals surface area contributed by atoms with Crippen molar-refractivity contribution in [2.45, 2.75) is 52.5 Å². The van der Waals surface area contributed by atoms with E-state index in [0.29, 0.717) is 0 Å². The molecule has 2 heterocycles. The minimum Gasteiger partial charge on any atom is -0.360 e. The van der Waals surface area contributed by atoms with Crippen molar-refractivity contribution < 1.29 is 0 Å². The second kappa shape index (κ2) is 7.46. The van der Waals surface area contributed by atoms with E-state index in [1.807, 2.05) is 0 Å². The van der Waals surface area contributed by atoms with Gasteiger partial charge < -0.3 is 4.90 Å². The standard InChI is InChI=1S/C35H33N/c1-21-9-8-10-24(16-21)27-19-33-29-17-22(2)15-23(3)25(29)13-14-36(33)34-20-32-28(18-30(27)34)26-11-6-7-12-31(26)35(32,4)5/h6-12,15-20,33H,13-14H2,1-5H3. The van der Waals surface area contributed by atoms with Gasteiger partial charge >= 0.3 is 0 Å². The zero-order valence-electron chi connectivity index (χ0n) is 21.9. The Morgan fingerprint density at radius 2 is 1.58 bits per heavy atom. The van der Waals surface area contributed by atoms with Crippen molar-refractivity contribution in [2.24, 2.45) is 0 Å². The monoisotopic (exact) mass is 467 g/mol. The Labute approximate surface area is 215 Å². The van der Waals surface area contributed by atoms with Crippen LogP contribution in [0.5, 0.6) is 0 Å². The second-order valence-electron chi connectivity index (χ2n) is 11.6. The van der Waals surface area contributed by atoms with Crippen molar-refractivity contribution in [3.05, 3.63) is 129 Å². The highest BCUT2D eigenvalue weighted by atomic mass is 15.2. The number of hydrogen-bond donors (Lipinski definition) is 0. The lowest BCUT2D eigenvalue weighted by Crippen LogP contribution is -2.37. The number of aryl methyl sites for hydroxylation is 3. The number of benzene rings is 4. The normalized spacial score (nSPS) is 18.5. The van der Waals surface area contributed by atoms with E-state index in [9.17, 15) is 0 Å². The molecule has 0 radical (unpaired) electrons. The number of hydrogen-bond acceptors (Lipinski definition) is 1. The van der Waals surface area contributed by atoms with Crippen molar-refractivity contribution in [1.29, 1.82) is 0 Å². The van der Waals surface area contributed by atoms with Gasteiger partial charge in [-0.2, -0.15) is 0 Å². The molecule has 4 aromatic rings. The molecule has 7 rings (SSSR count). The third-order valence-corrected chi connectivity index (χ3v) is 8.86. The Morgan fingerprint density at radius 1 is 0.750 bits per heavy atom. The lowest BCUT2D eigenvalue weighted by Gasteiger charge is -2.43. The molecule has 3 aliphatic rings. The van der Waals surface area contributed by atoms with E-state index in [-0.39, 0.29) is 11.5 Å². The molecule has 4 aromatic carbocycles. The van der Waals surface area contributed by atoms with E-state index in [1.54, 1.807) is 5.56 Å². The smallest absolute Gasteiger partial charge is 0.0739 e. The van der Waals surface area contributed by atoms with Crippen molar-refractivity contribution in [3.8, 4) is 11.1 Å². The van der Waals surface area contributed by atoms with Gasteiger partial charge in [0.15, 0.2) is 0 Å². The molecule has 0 bridgehead atoms. The molecular weight excluding hydrogens is 434 g/mol. The van der Waals surface area contributed by atoms with Gasteiger partial charge in [0.25, 0.3) is 0 Å². The number of fused-ring (bicyclic) bond motifs is 8.